The summed E-state index contributed by atoms with van der Waals surface area (Å²) < 4.78 is 4.71. The van der Waals surface area contributed by atoms with Gasteiger partial charge in [-0.1, -0.05) is 6.92 Å². The highest BCUT2D eigenvalue weighted by atomic mass is 16.5. The van der Waals surface area contributed by atoms with Gasteiger partial charge >= 0.3 is 5.97 Å². The van der Waals surface area contributed by atoms with E-state index in [2.05, 4.69) is 34.9 Å². The predicted molar refractivity (Wildman–Crippen MR) is 90.8 cm³/mol. The number of nitrogens with zero attached hydrogens (tertiary/aromatic N) is 2. The number of carbonyl (C=O) groups is 1. The van der Waals surface area contributed by atoms with Gasteiger partial charge in [-0.2, -0.15) is 0 Å². The van der Waals surface area contributed by atoms with Gasteiger partial charge in [-0.25, -0.2) is 9.97 Å². The van der Waals surface area contributed by atoms with E-state index in [1.165, 1.54) is 18.2 Å². The minimum atomic E-state index is -0.230. The molecule has 0 spiro atoms. The molecule has 23 heavy (non-hydrogen) atoms. The Bertz CT molecular complexity index is 717. The molecular formula is C18H23N3O2. The largest absolute Gasteiger partial charge is 0.469 e. The van der Waals surface area contributed by atoms with Crippen molar-refractivity contribution in [2.24, 2.45) is 0 Å². The molecule has 5 heteroatoms. The number of aryl methyl sites for hydroxylation is 3. The molecule has 2 rings (SSSR count). The molecule has 0 saturated carbocycles. The fourth-order valence-corrected chi connectivity index (χ4v) is 2.59. The first kappa shape index (κ1) is 16.9. The number of hydrogen-bond acceptors (Lipinski definition) is 4. The molecule has 0 atom stereocenters. The number of nitrogens with one attached hydrogen (secondary N) is 1. The predicted octanol–water partition coefficient (Wildman–Crippen LogP) is 3.34. The van der Waals surface area contributed by atoms with Crippen molar-refractivity contribution >= 4 is 17.6 Å². The third-order valence-electron chi connectivity index (χ3n) is 3.96. The Morgan fingerprint density at radius 2 is 2.13 bits per heavy atom. The number of allylic oxidation sites excluding steroid dienone is 1. The van der Waals surface area contributed by atoms with Crippen LogP contribution in [0.3, 0.4) is 0 Å². The van der Waals surface area contributed by atoms with E-state index in [9.17, 15) is 4.79 Å². The molecule has 2 aromatic rings. The van der Waals surface area contributed by atoms with Gasteiger partial charge in [-0.3, -0.25) is 4.79 Å². The normalized spacial score (nSPS) is 11.6. The maximum Gasteiger partial charge on any atom is 0.305 e. The standard InChI is InChI=1S/C18H23N3O2/c1-5-14-9-19-10-16(14)12(2)8-15-13(3)20-11-21-17(15)6-7-18(22)23-4/h8-11,19H,5-7H2,1-4H3/b12-8+. The van der Waals surface area contributed by atoms with Crippen LogP contribution in [0.4, 0.5) is 0 Å². The van der Waals surface area contributed by atoms with Crippen molar-refractivity contribution in [1.82, 2.24) is 15.0 Å². The summed E-state index contributed by atoms with van der Waals surface area (Å²) in [6.45, 7) is 6.18. The minimum absolute atomic E-state index is 0.230. The van der Waals surface area contributed by atoms with E-state index < -0.39 is 0 Å². The van der Waals surface area contributed by atoms with Gasteiger partial charge in [-0.15, -0.1) is 0 Å². The van der Waals surface area contributed by atoms with Crippen LogP contribution in [0.25, 0.3) is 11.6 Å². The van der Waals surface area contributed by atoms with E-state index >= 15 is 0 Å². The third-order valence-corrected chi connectivity index (χ3v) is 3.96. The first-order valence-corrected chi connectivity index (χ1v) is 7.78. The summed E-state index contributed by atoms with van der Waals surface area (Å²) in [5.41, 5.74) is 6.40. The third kappa shape index (κ3) is 4.06. The summed E-state index contributed by atoms with van der Waals surface area (Å²) >= 11 is 0. The number of H-pyrrole nitrogens is 1. The van der Waals surface area contributed by atoms with Gasteiger partial charge in [-0.05, 0) is 43.0 Å². The average molecular weight is 313 g/mol. The molecule has 2 heterocycles. The number of esters is 1. The molecule has 0 saturated heterocycles. The van der Waals surface area contributed by atoms with E-state index in [-0.39, 0.29) is 5.97 Å². The van der Waals surface area contributed by atoms with Gasteiger partial charge in [0, 0.05) is 30.1 Å². The Morgan fingerprint density at radius 3 is 2.83 bits per heavy atom. The van der Waals surface area contributed by atoms with Gasteiger partial charge in [0.1, 0.15) is 6.33 Å². The van der Waals surface area contributed by atoms with Gasteiger partial charge < -0.3 is 9.72 Å². The lowest BCUT2D eigenvalue weighted by Crippen LogP contribution is -2.06. The molecule has 0 radical (unpaired) electrons. The van der Waals surface area contributed by atoms with Gasteiger partial charge in [0.05, 0.1) is 19.2 Å². The van der Waals surface area contributed by atoms with Gasteiger partial charge in [0.2, 0.25) is 0 Å². The summed E-state index contributed by atoms with van der Waals surface area (Å²) in [5, 5.41) is 0. The molecular weight excluding hydrogens is 290 g/mol. The van der Waals surface area contributed by atoms with Crippen LogP contribution in [-0.4, -0.2) is 28.0 Å². The van der Waals surface area contributed by atoms with Crippen molar-refractivity contribution in [3.63, 3.8) is 0 Å². The second kappa shape index (κ2) is 7.72. The Balaban J connectivity index is 2.34. The zero-order chi connectivity index (χ0) is 16.8. The number of ether oxygens (including phenoxy) is 1. The zero-order valence-electron chi connectivity index (χ0n) is 14.1. The second-order valence-corrected chi connectivity index (χ2v) is 5.47. The molecule has 5 nitrogen and oxygen atoms in total. The number of hydrogen-bond donors (Lipinski definition) is 1. The molecule has 0 aliphatic heterocycles. The number of aromatic nitrogens is 3. The Kier molecular flexibility index (Phi) is 5.68. The smallest absolute Gasteiger partial charge is 0.305 e. The first-order chi connectivity index (χ1) is 11.1. The van der Waals surface area contributed by atoms with Crippen molar-refractivity contribution in [1.29, 1.82) is 0 Å². The topological polar surface area (TPSA) is 67.9 Å². The maximum absolute atomic E-state index is 11.4. The van der Waals surface area contributed by atoms with E-state index in [0.29, 0.717) is 12.8 Å². The van der Waals surface area contributed by atoms with Crippen LogP contribution in [0, 0.1) is 6.92 Å². The number of rotatable bonds is 6. The van der Waals surface area contributed by atoms with Crippen LogP contribution < -0.4 is 0 Å². The molecule has 0 amide bonds. The Labute approximate surface area is 136 Å². The fraction of sp³-hybridized carbons (Fsp3) is 0.389. The summed E-state index contributed by atoms with van der Waals surface area (Å²) in [6.07, 6.45) is 9.52. The maximum atomic E-state index is 11.4. The highest BCUT2D eigenvalue weighted by molar-refractivity contribution is 5.82. The van der Waals surface area contributed by atoms with Crippen LogP contribution in [0.1, 0.15) is 48.3 Å². The highest BCUT2D eigenvalue weighted by Gasteiger charge is 2.11. The van der Waals surface area contributed by atoms with Crippen molar-refractivity contribution < 1.29 is 9.53 Å². The quantitative estimate of drug-likeness (QED) is 0.831. The van der Waals surface area contributed by atoms with Crippen LogP contribution in [0.5, 0.6) is 0 Å². The molecule has 0 fully saturated rings. The summed E-state index contributed by atoms with van der Waals surface area (Å²) in [4.78, 5) is 23.2. The monoisotopic (exact) mass is 313 g/mol. The van der Waals surface area contributed by atoms with E-state index in [4.69, 9.17) is 4.74 Å². The molecule has 0 aliphatic carbocycles. The van der Waals surface area contributed by atoms with Crippen LogP contribution >= 0.6 is 0 Å². The van der Waals surface area contributed by atoms with Crippen LogP contribution in [0.15, 0.2) is 18.7 Å². The molecule has 0 aliphatic rings. The van der Waals surface area contributed by atoms with Crippen LogP contribution in [0.2, 0.25) is 0 Å². The van der Waals surface area contributed by atoms with Crippen molar-refractivity contribution in [2.75, 3.05) is 7.11 Å². The summed E-state index contributed by atoms with van der Waals surface area (Å²) in [6, 6.07) is 0. The van der Waals surface area contributed by atoms with E-state index in [1.54, 1.807) is 6.33 Å². The Morgan fingerprint density at radius 1 is 1.35 bits per heavy atom. The van der Waals surface area contributed by atoms with Crippen molar-refractivity contribution in [2.45, 2.75) is 40.0 Å². The lowest BCUT2D eigenvalue weighted by atomic mass is 9.99. The molecule has 0 unspecified atom stereocenters. The highest BCUT2D eigenvalue weighted by Crippen LogP contribution is 2.24. The number of carbonyl (C=O) groups excluding carboxylic acids is 1. The lowest BCUT2D eigenvalue weighted by Gasteiger charge is -2.09. The molecule has 0 aromatic carbocycles. The van der Waals surface area contributed by atoms with Gasteiger partial charge in [0.15, 0.2) is 0 Å². The molecule has 1 N–H and O–H groups in total. The molecule has 2 aromatic heterocycles. The van der Waals surface area contributed by atoms with Gasteiger partial charge in [0.25, 0.3) is 0 Å². The van der Waals surface area contributed by atoms with Crippen LogP contribution in [-0.2, 0) is 22.4 Å². The fourth-order valence-electron chi connectivity index (χ4n) is 2.59. The second-order valence-electron chi connectivity index (χ2n) is 5.47. The summed E-state index contributed by atoms with van der Waals surface area (Å²) in [5.74, 6) is -0.230. The lowest BCUT2D eigenvalue weighted by molar-refractivity contribution is -0.140. The first-order valence-electron chi connectivity index (χ1n) is 7.78. The van der Waals surface area contributed by atoms with E-state index in [1.807, 2.05) is 19.3 Å². The average Bonchev–Trinajstić information content (AvgIpc) is 3.03. The number of aromatic amines is 1. The van der Waals surface area contributed by atoms with E-state index in [0.717, 1.165) is 28.9 Å². The van der Waals surface area contributed by atoms with Crippen molar-refractivity contribution in [3.05, 3.63) is 46.8 Å². The SMILES string of the molecule is CCc1c[nH]cc1/C(C)=C/c1c(C)ncnc1CCC(=O)OC. The Hall–Kier alpha value is -2.43. The summed E-state index contributed by atoms with van der Waals surface area (Å²) in [7, 11) is 1.40. The zero-order valence-corrected chi connectivity index (χ0v) is 14.1. The number of methoxy groups -OCH3 is 1. The molecule has 0 bridgehead atoms. The van der Waals surface area contributed by atoms with Crippen molar-refractivity contribution in [3.8, 4) is 0 Å². The molecule has 122 valence electrons. The minimum Gasteiger partial charge on any atom is -0.469 e.